The number of carbonyl (C=O) groups is 2. The SMILES string of the molecule is CC1=C(C)C(=O)C(CCCN2C3=C(CCC=C3)N(C)C2C)=C(C)C1=O. The molecule has 0 saturated carbocycles. The number of allylic oxidation sites excluding steroid dienone is 7. The van der Waals surface area contributed by atoms with Crippen LogP contribution in [0, 0.1) is 0 Å². The number of ketones is 2. The van der Waals surface area contributed by atoms with Crippen LogP contribution in [-0.2, 0) is 9.59 Å². The standard InChI is InChI=1S/C21H28N2O2/c1-13-14(2)21(25)17(15(3)20(13)24)9-8-12-23-16(4)22(5)18-10-6-7-11-19(18)23/h7,11,16H,6,8-10,12H2,1-5H3. The van der Waals surface area contributed by atoms with Crippen molar-refractivity contribution < 1.29 is 9.59 Å². The predicted octanol–water partition coefficient (Wildman–Crippen LogP) is 3.73. The molecular weight excluding hydrogens is 312 g/mol. The van der Waals surface area contributed by atoms with Crippen molar-refractivity contribution in [2.75, 3.05) is 13.6 Å². The van der Waals surface area contributed by atoms with Crippen molar-refractivity contribution in [3.63, 3.8) is 0 Å². The van der Waals surface area contributed by atoms with Gasteiger partial charge in [0.25, 0.3) is 0 Å². The van der Waals surface area contributed by atoms with Crippen LogP contribution in [0.1, 0.15) is 53.4 Å². The van der Waals surface area contributed by atoms with E-state index in [2.05, 4.69) is 35.9 Å². The number of hydrogen-bond donors (Lipinski definition) is 0. The summed E-state index contributed by atoms with van der Waals surface area (Å²) < 4.78 is 0. The summed E-state index contributed by atoms with van der Waals surface area (Å²) in [6, 6.07) is 0. The zero-order valence-electron chi connectivity index (χ0n) is 16.0. The van der Waals surface area contributed by atoms with Gasteiger partial charge in [-0.3, -0.25) is 9.59 Å². The molecule has 3 aliphatic rings. The van der Waals surface area contributed by atoms with E-state index in [-0.39, 0.29) is 11.6 Å². The molecule has 0 fully saturated rings. The number of hydrogen-bond acceptors (Lipinski definition) is 4. The number of Topliss-reactive ketones (excluding diaryl/α,β-unsaturated/α-hetero) is 2. The maximum absolute atomic E-state index is 12.6. The average molecular weight is 340 g/mol. The van der Waals surface area contributed by atoms with E-state index in [1.165, 1.54) is 11.4 Å². The first-order valence-electron chi connectivity index (χ1n) is 9.20. The van der Waals surface area contributed by atoms with Crippen molar-refractivity contribution in [1.29, 1.82) is 0 Å². The molecule has 1 unspecified atom stereocenters. The van der Waals surface area contributed by atoms with Crippen LogP contribution in [-0.4, -0.2) is 41.1 Å². The quantitative estimate of drug-likeness (QED) is 0.731. The number of nitrogens with zero attached hydrogens (tertiary/aromatic N) is 2. The zero-order chi connectivity index (χ0) is 18.3. The smallest absolute Gasteiger partial charge is 0.185 e. The second kappa shape index (κ2) is 6.66. The van der Waals surface area contributed by atoms with Gasteiger partial charge in [-0.25, -0.2) is 0 Å². The summed E-state index contributed by atoms with van der Waals surface area (Å²) in [7, 11) is 2.16. The van der Waals surface area contributed by atoms with Crippen LogP contribution < -0.4 is 0 Å². The van der Waals surface area contributed by atoms with Crippen LogP contribution in [0.4, 0.5) is 0 Å². The first-order chi connectivity index (χ1) is 11.8. The summed E-state index contributed by atoms with van der Waals surface area (Å²) in [5, 5.41) is 0. The zero-order valence-corrected chi connectivity index (χ0v) is 16.0. The minimum absolute atomic E-state index is 0.0292. The number of carbonyl (C=O) groups excluding carboxylic acids is 2. The van der Waals surface area contributed by atoms with Gasteiger partial charge in [0.15, 0.2) is 11.6 Å². The highest BCUT2D eigenvalue weighted by Crippen LogP contribution is 2.35. The molecule has 1 atom stereocenters. The highest BCUT2D eigenvalue weighted by atomic mass is 16.1. The van der Waals surface area contributed by atoms with E-state index in [0.717, 1.165) is 25.8 Å². The van der Waals surface area contributed by atoms with Crippen molar-refractivity contribution in [1.82, 2.24) is 9.80 Å². The van der Waals surface area contributed by atoms with Crippen molar-refractivity contribution in [3.8, 4) is 0 Å². The molecule has 0 bridgehead atoms. The van der Waals surface area contributed by atoms with Crippen molar-refractivity contribution in [3.05, 3.63) is 45.8 Å². The first kappa shape index (κ1) is 17.7. The molecular formula is C21H28N2O2. The first-order valence-corrected chi connectivity index (χ1v) is 9.20. The summed E-state index contributed by atoms with van der Waals surface area (Å²) in [5.74, 6) is 0.0836. The van der Waals surface area contributed by atoms with Crippen molar-refractivity contribution in [2.24, 2.45) is 0 Å². The summed E-state index contributed by atoms with van der Waals surface area (Å²) in [6.45, 7) is 8.43. The Kier molecular flexibility index (Phi) is 4.72. The lowest BCUT2D eigenvalue weighted by Gasteiger charge is -2.29. The fraction of sp³-hybridized carbons (Fsp3) is 0.524. The molecule has 0 amide bonds. The van der Waals surface area contributed by atoms with Crippen LogP contribution in [0.5, 0.6) is 0 Å². The molecule has 3 rings (SSSR count). The van der Waals surface area contributed by atoms with Crippen LogP contribution in [0.3, 0.4) is 0 Å². The van der Waals surface area contributed by atoms with Crippen LogP contribution in [0.2, 0.25) is 0 Å². The molecule has 0 N–H and O–H groups in total. The highest BCUT2D eigenvalue weighted by Gasteiger charge is 2.32. The lowest BCUT2D eigenvalue weighted by atomic mass is 9.84. The Morgan fingerprint density at radius 3 is 2.48 bits per heavy atom. The largest absolute Gasteiger partial charge is 0.356 e. The van der Waals surface area contributed by atoms with Gasteiger partial charge in [-0.1, -0.05) is 6.08 Å². The molecule has 0 spiro atoms. The van der Waals surface area contributed by atoms with E-state index < -0.39 is 0 Å². The van der Waals surface area contributed by atoms with Crippen LogP contribution in [0.15, 0.2) is 45.8 Å². The van der Waals surface area contributed by atoms with Gasteiger partial charge in [0.1, 0.15) is 0 Å². The maximum atomic E-state index is 12.6. The van der Waals surface area contributed by atoms with E-state index >= 15 is 0 Å². The lowest BCUT2D eigenvalue weighted by molar-refractivity contribution is -0.116. The molecule has 0 aromatic carbocycles. The molecule has 134 valence electrons. The fourth-order valence-corrected chi connectivity index (χ4v) is 4.08. The van der Waals surface area contributed by atoms with Gasteiger partial charge in [0, 0.05) is 41.6 Å². The lowest BCUT2D eigenvalue weighted by Crippen LogP contribution is -2.36. The van der Waals surface area contributed by atoms with Crippen LogP contribution in [0.25, 0.3) is 0 Å². The van der Waals surface area contributed by atoms with E-state index in [0.29, 0.717) is 34.9 Å². The van der Waals surface area contributed by atoms with E-state index in [4.69, 9.17) is 0 Å². The molecule has 0 radical (unpaired) electrons. The molecule has 0 aromatic rings. The van der Waals surface area contributed by atoms with Gasteiger partial charge in [-0.05, 0) is 59.5 Å². The Morgan fingerprint density at radius 1 is 1.08 bits per heavy atom. The predicted molar refractivity (Wildman–Crippen MR) is 99.7 cm³/mol. The second-order valence-electron chi connectivity index (χ2n) is 7.32. The van der Waals surface area contributed by atoms with Gasteiger partial charge in [-0.2, -0.15) is 0 Å². The van der Waals surface area contributed by atoms with Crippen molar-refractivity contribution >= 4 is 11.6 Å². The molecule has 0 aromatic heterocycles. The summed E-state index contributed by atoms with van der Waals surface area (Å²) >= 11 is 0. The number of rotatable bonds is 4. The van der Waals surface area contributed by atoms with E-state index in [1.54, 1.807) is 20.8 Å². The van der Waals surface area contributed by atoms with Crippen molar-refractivity contribution in [2.45, 2.75) is 59.5 Å². The molecule has 4 nitrogen and oxygen atoms in total. The molecule has 2 aliphatic carbocycles. The summed E-state index contributed by atoms with van der Waals surface area (Å²) in [5.41, 5.74) is 5.30. The second-order valence-corrected chi connectivity index (χ2v) is 7.32. The molecule has 1 heterocycles. The molecule has 1 aliphatic heterocycles. The third-order valence-electron chi connectivity index (χ3n) is 6.00. The van der Waals surface area contributed by atoms with E-state index in [9.17, 15) is 9.59 Å². The minimum Gasteiger partial charge on any atom is -0.356 e. The van der Waals surface area contributed by atoms with Gasteiger partial charge in [-0.15, -0.1) is 0 Å². The third-order valence-corrected chi connectivity index (χ3v) is 6.00. The summed E-state index contributed by atoms with van der Waals surface area (Å²) in [4.78, 5) is 29.6. The Labute approximate surface area is 150 Å². The van der Waals surface area contributed by atoms with Crippen LogP contribution >= 0.6 is 0 Å². The minimum atomic E-state index is 0.0292. The van der Waals surface area contributed by atoms with Gasteiger partial charge >= 0.3 is 0 Å². The maximum Gasteiger partial charge on any atom is 0.185 e. The highest BCUT2D eigenvalue weighted by molar-refractivity contribution is 6.24. The van der Waals surface area contributed by atoms with Gasteiger partial charge in [0.2, 0.25) is 0 Å². The van der Waals surface area contributed by atoms with Gasteiger partial charge in [0.05, 0.1) is 11.9 Å². The van der Waals surface area contributed by atoms with E-state index in [1.807, 2.05) is 0 Å². The average Bonchev–Trinajstić information content (AvgIpc) is 2.86. The Morgan fingerprint density at radius 2 is 1.76 bits per heavy atom. The monoisotopic (exact) mass is 340 g/mol. The Hall–Kier alpha value is -2.10. The Balaban J connectivity index is 1.69. The molecule has 25 heavy (non-hydrogen) atoms. The van der Waals surface area contributed by atoms with Gasteiger partial charge < -0.3 is 9.80 Å². The normalized spacial score (nSPS) is 24.1. The molecule has 0 saturated heterocycles. The third kappa shape index (κ3) is 2.88. The fourth-order valence-electron chi connectivity index (χ4n) is 4.08. The topological polar surface area (TPSA) is 40.6 Å². The Bertz CT molecular complexity index is 752. The summed E-state index contributed by atoms with van der Waals surface area (Å²) in [6.07, 6.45) is 8.57. The molecule has 4 heteroatoms.